The third-order valence-corrected chi connectivity index (χ3v) is 5.10. The largest absolute Gasteiger partial charge is 0.488 e. The average molecular weight is 362 g/mol. The molecule has 0 saturated carbocycles. The Bertz CT molecular complexity index is 889. The molecule has 0 radical (unpaired) electrons. The molecule has 0 spiro atoms. The van der Waals surface area contributed by atoms with Crippen molar-refractivity contribution in [1.29, 1.82) is 0 Å². The molecule has 5 nitrogen and oxygen atoms in total. The lowest BCUT2D eigenvalue weighted by molar-refractivity contribution is 0.0852. The van der Waals surface area contributed by atoms with Crippen molar-refractivity contribution in [1.82, 2.24) is 14.9 Å². The lowest BCUT2D eigenvalue weighted by atomic mass is 10.1. The number of benzene rings is 2. The van der Waals surface area contributed by atoms with Crippen molar-refractivity contribution in [2.24, 2.45) is 0 Å². The van der Waals surface area contributed by atoms with Gasteiger partial charge in [0.2, 0.25) is 5.95 Å². The van der Waals surface area contributed by atoms with E-state index in [9.17, 15) is 0 Å². The number of nitrogens with zero attached hydrogens (tertiary/aromatic N) is 3. The number of hydrogen-bond acceptors (Lipinski definition) is 5. The SMILES string of the molecule is CC(C)N1CCC(Oc2cccc3cnc(Nc4ccccc4)nc23)CC1. The number of fused-ring (bicyclic) bond motifs is 1. The van der Waals surface area contributed by atoms with Gasteiger partial charge in [-0.2, -0.15) is 0 Å². The van der Waals surface area contributed by atoms with Gasteiger partial charge in [0.05, 0.1) is 0 Å². The fourth-order valence-corrected chi connectivity index (χ4v) is 3.52. The molecule has 5 heteroatoms. The summed E-state index contributed by atoms with van der Waals surface area (Å²) in [6.45, 7) is 6.68. The summed E-state index contributed by atoms with van der Waals surface area (Å²) in [7, 11) is 0. The third kappa shape index (κ3) is 4.19. The Kier molecular flexibility index (Phi) is 5.21. The first kappa shape index (κ1) is 17.7. The topological polar surface area (TPSA) is 50.3 Å². The maximum Gasteiger partial charge on any atom is 0.227 e. The summed E-state index contributed by atoms with van der Waals surface area (Å²) < 4.78 is 6.36. The molecule has 1 aromatic heterocycles. The highest BCUT2D eigenvalue weighted by atomic mass is 16.5. The van der Waals surface area contributed by atoms with Crippen LogP contribution in [0.5, 0.6) is 5.75 Å². The molecule has 2 heterocycles. The van der Waals surface area contributed by atoms with Crippen LogP contribution in [-0.2, 0) is 0 Å². The van der Waals surface area contributed by atoms with Crippen molar-refractivity contribution >= 4 is 22.5 Å². The van der Waals surface area contributed by atoms with Crippen LogP contribution in [0.4, 0.5) is 11.6 Å². The van der Waals surface area contributed by atoms with Crippen LogP contribution in [0.15, 0.2) is 54.7 Å². The van der Waals surface area contributed by atoms with Gasteiger partial charge in [-0.3, -0.25) is 0 Å². The first-order valence-corrected chi connectivity index (χ1v) is 9.67. The normalized spacial score (nSPS) is 16.0. The van der Waals surface area contributed by atoms with E-state index in [1.165, 1.54) is 0 Å². The number of likely N-dealkylation sites (tertiary alicyclic amines) is 1. The molecule has 0 bridgehead atoms. The maximum atomic E-state index is 6.36. The predicted molar refractivity (Wildman–Crippen MR) is 110 cm³/mol. The highest BCUT2D eigenvalue weighted by molar-refractivity contribution is 5.84. The molecule has 4 rings (SSSR count). The van der Waals surface area contributed by atoms with E-state index in [-0.39, 0.29) is 6.10 Å². The molecule has 2 aromatic carbocycles. The smallest absolute Gasteiger partial charge is 0.227 e. The number of nitrogens with one attached hydrogen (secondary N) is 1. The fraction of sp³-hybridized carbons (Fsp3) is 0.364. The molecule has 140 valence electrons. The van der Waals surface area contributed by atoms with E-state index in [1.54, 1.807) is 0 Å². The molecule has 1 N–H and O–H groups in total. The summed E-state index contributed by atoms with van der Waals surface area (Å²) >= 11 is 0. The zero-order valence-electron chi connectivity index (χ0n) is 15.9. The van der Waals surface area contributed by atoms with Crippen LogP contribution < -0.4 is 10.1 Å². The molecule has 1 aliphatic heterocycles. The Morgan fingerprint density at radius 2 is 1.81 bits per heavy atom. The highest BCUT2D eigenvalue weighted by Crippen LogP contribution is 2.28. The van der Waals surface area contributed by atoms with Crippen molar-refractivity contribution in [3.63, 3.8) is 0 Å². The summed E-state index contributed by atoms with van der Waals surface area (Å²) in [6.07, 6.45) is 4.19. The van der Waals surface area contributed by atoms with Gasteiger partial charge in [0, 0.05) is 36.4 Å². The highest BCUT2D eigenvalue weighted by Gasteiger charge is 2.22. The Morgan fingerprint density at radius 1 is 1.04 bits per heavy atom. The van der Waals surface area contributed by atoms with Crippen molar-refractivity contribution < 1.29 is 4.74 Å². The van der Waals surface area contributed by atoms with E-state index in [0.717, 1.165) is 48.3 Å². The van der Waals surface area contributed by atoms with Crippen LogP contribution in [0.2, 0.25) is 0 Å². The predicted octanol–water partition coefficient (Wildman–Crippen LogP) is 4.63. The van der Waals surface area contributed by atoms with Crippen LogP contribution in [0, 0.1) is 0 Å². The van der Waals surface area contributed by atoms with E-state index < -0.39 is 0 Å². The molecule has 27 heavy (non-hydrogen) atoms. The molecule has 0 atom stereocenters. The van der Waals surface area contributed by atoms with Crippen molar-refractivity contribution in [2.75, 3.05) is 18.4 Å². The van der Waals surface area contributed by atoms with Crippen molar-refractivity contribution in [3.05, 3.63) is 54.7 Å². The second-order valence-electron chi connectivity index (χ2n) is 7.33. The van der Waals surface area contributed by atoms with E-state index >= 15 is 0 Å². The Hall–Kier alpha value is -2.66. The summed E-state index contributed by atoms with van der Waals surface area (Å²) in [5.74, 6) is 1.42. The third-order valence-electron chi connectivity index (χ3n) is 5.10. The maximum absolute atomic E-state index is 6.36. The summed E-state index contributed by atoms with van der Waals surface area (Å²) in [4.78, 5) is 11.7. The minimum atomic E-state index is 0.242. The van der Waals surface area contributed by atoms with Crippen LogP contribution in [0.3, 0.4) is 0 Å². The number of para-hydroxylation sites is 2. The van der Waals surface area contributed by atoms with E-state index in [1.807, 2.05) is 54.7 Å². The van der Waals surface area contributed by atoms with Gasteiger partial charge in [0.1, 0.15) is 17.4 Å². The van der Waals surface area contributed by atoms with Gasteiger partial charge >= 0.3 is 0 Å². The van der Waals surface area contributed by atoms with Gasteiger partial charge in [0.15, 0.2) is 0 Å². The molecule has 0 amide bonds. The van der Waals surface area contributed by atoms with Crippen LogP contribution in [-0.4, -0.2) is 40.1 Å². The summed E-state index contributed by atoms with van der Waals surface area (Å²) in [5, 5.41) is 4.25. The number of piperidine rings is 1. The minimum absolute atomic E-state index is 0.242. The van der Waals surface area contributed by atoms with Crippen molar-refractivity contribution in [2.45, 2.75) is 38.8 Å². The number of ether oxygens (including phenoxy) is 1. The lowest BCUT2D eigenvalue weighted by Gasteiger charge is -2.34. The van der Waals surface area contributed by atoms with E-state index in [4.69, 9.17) is 9.72 Å². The second kappa shape index (κ2) is 7.92. The Labute approximate surface area is 160 Å². The Balaban J connectivity index is 1.53. The quantitative estimate of drug-likeness (QED) is 0.717. The standard InChI is InChI=1S/C22H26N4O/c1-16(2)26-13-11-19(12-14-26)27-20-10-6-7-17-15-23-22(25-21(17)20)24-18-8-4-3-5-9-18/h3-10,15-16,19H,11-14H2,1-2H3,(H,23,24,25). The molecule has 0 aliphatic carbocycles. The van der Waals surface area contributed by atoms with Crippen LogP contribution in [0.25, 0.3) is 10.9 Å². The van der Waals surface area contributed by atoms with Gasteiger partial charge in [-0.1, -0.05) is 30.3 Å². The first-order valence-electron chi connectivity index (χ1n) is 9.67. The molecule has 1 saturated heterocycles. The average Bonchev–Trinajstić information content (AvgIpc) is 2.70. The zero-order valence-corrected chi connectivity index (χ0v) is 15.9. The Morgan fingerprint density at radius 3 is 2.56 bits per heavy atom. The number of rotatable bonds is 5. The summed E-state index contributed by atoms with van der Waals surface area (Å²) in [6, 6.07) is 16.6. The molecular formula is C22H26N4O. The van der Waals surface area contributed by atoms with Gasteiger partial charge in [-0.05, 0) is 44.9 Å². The molecule has 3 aromatic rings. The minimum Gasteiger partial charge on any atom is -0.488 e. The molecule has 1 fully saturated rings. The molecule has 0 unspecified atom stereocenters. The zero-order chi connectivity index (χ0) is 18.6. The number of anilines is 2. The van der Waals surface area contributed by atoms with E-state index in [0.29, 0.717) is 12.0 Å². The van der Waals surface area contributed by atoms with Gasteiger partial charge in [0.25, 0.3) is 0 Å². The number of hydrogen-bond donors (Lipinski definition) is 1. The fourth-order valence-electron chi connectivity index (χ4n) is 3.52. The molecule has 1 aliphatic rings. The summed E-state index contributed by atoms with van der Waals surface area (Å²) in [5.41, 5.74) is 1.83. The van der Waals surface area contributed by atoms with Crippen molar-refractivity contribution in [3.8, 4) is 5.75 Å². The van der Waals surface area contributed by atoms with Crippen LogP contribution in [0.1, 0.15) is 26.7 Å². The molecular weight excluding hydrogens is 336 g/mol. The number of aromatic nitrogens is 2. The second-order valence-corrected chi connectivity index (χ2v) is 7.33. The monoisotopic (exact) mass is 362 g/mol. The van der Waals surface area contributed by atoms with Crippen LogP contribution >= 0.6 is 0 Å². The lowest BCUT2D eigenvalue weighted by Crippen LogP contribution is -2.41. The van der Waals surface area contributed by atoms with Gasteiger partial charge in [-0.15, -0.1) is 0 Å². The van der Waals surface area contributed by atoms with Gasteiger partial charge < -0.3 is 15.0 Å². The van der Waals surface area contributed by atoms with Gasteiger partial charge in [-0.25, -0.2) is 9.97 Å². The first-order chi connectivity index (χ1) is 13.2. The van der Waals surface area contributed by atoms with E-state index in [2.05, 4.69) is 29.0 Å².